The summed E-state index contributed by atoms with van der Waals surface area (Å²) in [6, 6.07) is 13.8. The number of nitrogens with one attached hydrogen (secondary N) is 2. The largest absolute Gasteiger partial charge is 0.493 e. The first-order valence-corrected chi connectivity index (χ1v) is 9.76. The van der Waals surface area contributed by atoms with Gasteiger partial charge in [0.15, 0.2) is 0 Å². The van der Waals surface area contributed by atoms with Crippen molar-refractivity contribution in [2.24, 2.45) is 5.92 Å². The Labute approximate surface area is 175 Å². The molecule has 0 radical (unpaired) electrons. The quantitative estimate of drug-likeness (QED) is 0.543. The third kappa shape index (κ3) is 5.47. The molecule has 1 aliphatic heterocycles. The van der Waals surface area contributed by atoms with Crippen LogP contribution < -0.4 is 15.4 Å². The van der Waals surface area contributed by atoms with Crippen LogP contribution in [-0.2, 0) is 9.59 Å². The van der Waals surface area contributed by atoms with Crippen LogP contribution in [0.3, 0.4) is 0 Å². The van der Waals surface area contributed by atoms with Gasteiger partial charge < -0.3 is 15.4 Å². The number of urea groups is 1. The average molecular weight is 407 g/mol. The second-order valence-electron chi connectivity index (χ2n) is 7.57. The van der Waals surface area contributed by atoms with Crippen LogP contribution in [0.1, 0.15) is 25.0 Å². The highest BCUT2D eigenvalue weighted by atomic mass is 16.5. The SMILES string of the molecule is Cc1ccc(NC(=O)CN2C(=O)NC(=Cc3ccc(OCC(C)C)cc3)C2=O)cc1. The van der Waals surface area contributed by atoms with Crippen molar-refractivity contribution < 1.29 is 19.1 Å². The summed E-state index contributed by atoms with van der Waals surface area (Å²) in [5, 5.41) is 5.20. The molecule has 0 aromatic heterocycles. The van der Waals surface area contributed by atoms with Gasteiger partial charge in [0.2, 0.25) is 5.91 Å². The standard InChI is InChI=1S/C23H25N3O4/c1-15(2)14-30-19-10-6-17(7-11-19)12-20-22(28)26(23(29)25-20)13-21(27)24-18-8-4-16(3)5-9-18/h4-12,15H,13-14H2,1-3H3,(H,24,27)(H,25,29). The Bertz CT molecular complexity index is 963. The molecular weight excluding hydrogens is 382 g/mol. The second kappa shape index (κ2) is 9.26. The van der Waals surface area contributed by atoms with E-state index < -0.39 is 17.8 Å². The fraction of sp³-hybridized carbons (Fsp3) is 0.261. The number of benzene rings is 2. The molecule has 156 valence electrons. The highest BCUT2D eigenvalue weighted by molar-refractivity contribution is 6.15. The van der Waals surface area contributed by atoms with Gasteiger partial charge in [0, 0.05) is 5.69 Å². The van der Waals surface area contributed by atoms with Crippen molar-refractivity contribution in [3.05, 3.63) is 65.4 Å². The van der Waals surface area contributed by atoms with Crippen LogP contribution in [0.4, 0.5) is 10.5 Å². The molecule has 1 heterocycles. The van der Waals surface area contributed by atoms with E-state index in [1.165, 1.54) is 0 Å². The zero-order valence-corrected chi connectivity index (χ0v) is 17.3. The first kappa shape index (κ1) is 21.1. The molecule has 1 fully saturated rings. The third-order valence-corrected chi connectivity index (χ3v) is 4.37. The minimum absolute atomic E-state index is 0.124. The molecule has 7 nitrogen and oxygen atoms in total. The fourth-order valence-corrected chi connectivity index (χ4v) is 2.79. The van der Waals surface area contributed by atoms with Crippen LogP contribution in [0.15, 0.2) is 54.2 Å². The van der Waals surface area contributed by atoms with Crippen molar-refractivity contribution >= 4 is 29.6 Å². The van der Waals surface area contributed by atoms with Gasteiger partial charge in [-0.05, 0) is 48.7 Å². The van der Waals surface area contributed by atoms with Gasteiger partial charge in [-0.1, -0.05) is 43.7 Å². The van der Waals surface area contributed by atoms with E-state index in [2.05, 4.69) is 24.5 Å². The van der Waals surface area contributed by atoms with Gasteiger partial charge >= 0.3 is 6.03 Å². The van der Waals surface area contributed by atoms with E-state index in [1.807, 2.05) is 31.2 Å². The summed E-state index contributed by atoms with van der Waals surface area (Å²) in [5.74, 6) is 0.170. The van der Waals surface area contributed by atoms with Crippen LogP contribution >= 0.6 is 0 Å². The van der Waals surface area contributed by atoms with Crippen molar-refractivity contribution in [3.63, 3.8) is 0 Å². The lowest BCUT2D eigenvalue weighted by Gasteiger charge is -2.12. The molecule has 0 aliphatic carbocycles. The van der Waals surface area contributed by atoms with Crippen molar-refractivity contribution in [2.75, 3.05) is 18.5 Å². The Morgan fingerprint density at radius 2 is 1.77 bits per heavy atom. The lowest BCUT2D eigenvalue weighted by molar-refractivity contribution is -0.127. The van der Waals surface area contributed by atoms with Crippen LogP contribution in [0.2, 0.25) is 0 Å². The maximum atomic E-state index is 12.6. The van der Waals surface area contributed by atoms with E-state index in [9.17, 15) is 14.4 Å². The molecule has 3 rings (SSSR count). The molecule has 0 atom stereocenters. The number of aryl methyl sites for hydroxylation is 1. The number of hydrogen-bond acceptors (Lipinski definition) is 4. The number of amides is 4. The Morgan fingerprint density at radius 1 is 1.10 bits per heavy atom. The third-order valence-electron chi connectivity index (χ3n) is 4.37. The molecule has 4 amide bonds. The minimum Gasteiger partial charge on any atom is -0.493 e. The zero-order chi connectivity index (χ0) is 21.7. The lowest BCUT2D eigenvalue weighted by Crippen LogP contribution is -2.38. The van der Waals surface area contributed by atoms with Crippen LogP contribution in [-0.4, -0.2) is 35.9 Å². The van der Waals surface area contributed by atoms with Crippen LogP contribution in [0, 0.1) is 12.8 Å². The number of imide groups is 1. The molecular formula is C23H25N3O4. The normalized spacial score (nSPS) is 14.9. The monoisotopic (exact) mass is 407 g/mol. The van der Waals surface area contributed by atoms with Gasteiger partial charge in [-0.15, -0.1) is 0 Å². The van der Waals surface area contributed by atoms with E-state index in [0.29, 0.717) is 18.2 Å². The molecule has 2 N–H and O–H groups in total. The maximum absolute atomic E-state index is 12.6. The second-order valence-corrected chi connectivity index (χ2v) is 7.57. The molecule has 0 spiro atoms. The zero-order valence-electron chi connectivity index (χ0n) is 17.3. The molecule has 30 heavy (non-hydrogen) atoms. The first-order chi connectivity index (χ1) is 14.3. The van der Waals surface area contributed by atoms with Gasteiger partial charge in [-0.3, -0.25) is 9.59 Å². The topological polar surface area (TPSA) is 87.7 Å². The van der Waals surface area contributed by atoms with Crippen molar-refractivity contribution in [2.45, 2.75) is 20.8 Å². The average Bonchev–Trinajstić information content (AvgIpc) is 2.96. The first-order valence-electron chi connectivity index (χ1n) is 9.76. The summed E-state index contributed by atoms with van der Waals surface area (Å²) in [6.07, 6.45) is 1.57. The van der Waals surface area contributed by atoms with E-state index in [1.54, 1.807) is 30.3 Å². The molecule has 0 unspecified atom stereocenters. The van der Waals surface area contributed by atoms with E-state index in [0.717, 1.165) is 21.8 Å². The summed E-state index contributed by atoms with van der Waals surface area (Å²) in [6.45, 7) is 6.34. The number of nitrogens with zero attached hydrogens (tertiary/aromatic N) is 1. The minimum atomic E-state index is -0.623. The number of ether oxygens (including phenoxy) is 1. The van der Waals surface area contributed by atoms with Gasteiger partial charge in [0.25, 0.3) is 5.91 Å². The Morgan fingerprint density at radius 3 is 2.40 bits per heavy atom. The van der Waals surface area contributed by atoms with E-state index in [-0.39, 0.29) is 12.2 Å². The summed E-state index contributed by atoms with van der Waals surface area (Å²) >= 11 is 0. The van der Waals surface area contributed by atoms with Gasteiger partial charge in [0.05, 0.1) is 6.61 Å². The molecule has 0 bridgehead atoms. The Kier molecular flexibility index (Phi) is 6.51. The number of rotatable bonds is 7. The highest BCUT2D eigenvalue weighted by Crippen LogP contribution is 2.18. The molecule has 2 aromatic rings. The Hall–Kier alpha value is -3.61. The number of anilines is 1. The van der Waals surface area contributed by atoms with E-state index in [4.69, 9.17) is 4.74 Å². The predicted molar refractivity (Wildman–Crippen MR) is 115 cm³/mol. The summed E-state index contributed by atoms with van der Waals surface area (Å²) in [4.78, 5) is 37.9. The Balaban J connectivity index is 1.62. The van der Waals surface area contributed by atoms with Crippen molar-refractivity contribution in [3.8, 4) is 5.75 Å². The molecule has 2 aromatic carbocycles. The molecule has 1 saturated heterocycles. The maximum Gasteiger partial charge on any atom is 0.329 e. The van der Waals surface area contributed by atoms with Gasteiger partial charge in [-0.25, -0.2) is 9.69 Å². The number of carbonyl (C=O) groups excluding carboxylic acids is 3. The van der Waals surface area contributed by atoms with Crippen molar-refractivity contribution in [1.82, 2.24) is 10.2 Å². The number of carbonyl (C=O) groups is 3. The predicted octanol–water partition coefficient (Wildman–Crippen LogP) is 3.56. The van der Waals surface area contributed by atoms with E-state index >= 15 is 0 Å². The smallest absolute Gasteiger partial charge is 0.329 e. The van der Waals surface area contributed by atoms with Crippen LogP contribution in [0.5, 0.6) is 5.75 Å². The molecule has 0 saturated carbocycles. The lowest BCUT2D eigenvalue weighted by atomic mass is 10.2. The van der Waals surface area contributed by atoms with Crippen molar-refractivity contribution in [1.29, 1.82) is 0 Å². The molecule has 7 heteroatoms. The molecule has 1 aliphatic rings. The summed E-state index contributed by atoms with van der Waals surface area (Å²) in [5.41, 5.74) is 2.53. The van der Waals surface area contributed by atoms with Gasteiger partial charge in [0.1, 0.15) is 18.0 Å². The summed E-state index contributed by atoms with van der Waals surface area (Å²) < 4.78 is 5.64. The summed E-state index contributed by atoms with van der Waals surface area (Å²) in [7, 11) is 0. The highest BCUT2D eigenvalue weighted by Gasteiger charge is 2.34. The van der Waals surface area contributed by atoms with Crippen LogP contribution in [0.25, 0.3) is 6.08 Å². The van der Waals surface area contributed by atoms with Gasteiger partial charge in [-0.2, -0.15) is 0 Å². The number of hydrogen-bond donors (Lipinski definition) is 2. The fourth-order valence-electron chi connectivity index (χ4n) is 2.79.